The second-order valence-electron chi connectivity index (χ2n) is 7.88. The summed E-state index contributed by atoms with van der Waals surface area (Å²) in [5.41, 5.74) is 12.0. The minimum atomic E-state index is -0.432. The van der Waals surface area contributed by atoms with E-state index in [0.29, 0.717) is 11.5 Å². The van der Waals surface area contributed by atoms with Crippen LogP contribution in [0, 0.1) is 18.3 Å². The second kappa shape index (κ2) is 8.21. The number of nitrogens with two attached hydrogens (primary N) is 1. The maximum Gasteiger partial charge on any atom is 0.229 e. The molecule has 3 aromatic carbocycles. The van der Waals surface area contributed by atoms with Crippen molar-refractivity contribution in [1.29, 1.82) is 5.26 Å². The van der Waals surface area contributed by atoms with Gasteiger partial charge in [-0.1, -0.05) is 60.2 Å². The maximum absolute atomic E-state index is 10.0. The second-order valence-corrected chi connectivity index (χ2v) is 7.88. The van der Waals surface area contributed by atoms with Crippen LogP contribution in [-0.4, -0.2) is 16.9 Å². The van der Waals surface area contributed by atoms with Crippen LogP contribution in [-0.2, 0) is 0 Å². The Bertz CT molecular complexity index is 1380. The van der Waals surface area contributed by atoms with Crippen molar-refractivity contribution in [2.45, 2.75) is 12.8 Å². The molecule has 1 aliphatic heterocycles. The summed E-state index contributed by atoms with van der Waals surface area (Å²) < 4.78 is 13.1. The minimum absolute atomic E-state index is 0.0818. The molecule has 6 nitrogen and oxygen atoms in total. The Morgan fingerprint density at radius 1 is 1.00 bits per heavy atom. The van der Waals surface area contributed by atoms with E-state index in [1.165, 1.54) is 0 Å². The number of methoxy groups -OCH3 is 1. The molecule has 0 aliphatic carbocycles. The molecule has 0 fully saturated rings. The molecule has 1 unspecified atom stereocenters. The Labute approximate surface area is 192 Å². The quantitative estimate of drug-likeness (QED) is 0.484. The zero-order chi connectivity index (χ0) is 22.9. The van der Waals surface area contributed by atoms with Crippen LogP contribution in [0.4, 0.5) is 0 Å². The summed E-state index contributed by atoms with van der Waals surface area (Å²) in [6, 6.07) is 27.8. The first-order valence-electron chi connectivity index (χ1n) is 10.6. The molecule has 162 valence electrons. The summed E-state index contributed by atoms with van der Waals surface area (Å²) in [7, 11) is 1.62. The SMILES string of the molecule is COc1ccc(C2C(C#N)=C(N)Oc3c2c(-c2ccc(C)cc2)nn3-c2ccccc2)cc1. The van der Waals surface area contributed by atoms with Gasteiger partial charge in [0, 0.05) is 5.56 Å². The van der Waals surface area contributed by atoms with Crippen molar-refractivity contribution in [3.8, 4) is 34.6 Å². The lowest BCUT2D eigenvalue weighted by atomic mass is 9.83. The average molecular weight is 434 g/mol. The topological polar surface area (TPSA) is 86.1 Å². The Balaban J connectivity index is 1.80. The van der Waals surface area contributed by atoms with Crippen molar-refractivity contribution in [2.24, 2.45) is 5.73 Å². The summed E-state index contributed by atoms with van der Waals surface area (Å²) in [5, 5.41) is 15.0. The van der Waals surface area contributed by atoms with Gasteiger partial charge in [0.2, 0.25) is 11.8 Å². The highest BCUT2D eigenvalue weighted by Crippen LogP contribution is 2.47. The van der Waals surface area contributed by atoms with Crippen LogP contribution in [0.15, 0.2) is 90.3 Å². The van der Waals surface area contributed by atoms with Crippen molar-refractivity contribution < 1.29 is 9.47 Å². The molecule has 0 amide bonds. The summed E-state index contributed by atoms with van der Waals surface area (Å²) in [4.78, 5) is 0. The van der Waals surface area contributed by atoms with E-state index in [1.807, 2.05) is 85.8 Å². The number of aromatic nitrogens is 2. The largest absolute Gasteiger partial charge is 0.497 e. The maximum atomic E-state index is 10.0. The third kappa shape index (κ3) is 3.50. The molecule has 0 radical (unpaired) electrons. The van der Waals surface area contributed by atoms with Crippen LogP contribution < -0.4 is 15.2 Å². The third-order valence-electron chi connectivity index (χ3n) is 5.82. The molecule has 0 saturated heterocycles. The molecule has 2 N–H and O–H groups in total. The van der Waals surface area contributed by atoms with E-state index >= 15 is 0 Å². The molecule has 1 aliphatic rings. The standard InChI is InChI=1S/C27H22N4O2/c1-17-8-10-19(11-9-17)25-24-23(18-12-14-21(32-2)15-13-18)22(16-28)26(29)33-27(24)31(30-25)20-6-4-3-5-7-20/h3-15,23H,29H2,1-2H3. The number of aryl methyl sites for hydroxylation is 1. The fraction of sp³-hybridized carbons (Fsp3) is 0.111. The van der Waals surface area contributed by atoms with Crippen LogP contribution in [0.3, 0.4) is 0 Å². The van der Waals surface area contributed by atoms with Crippen molar-refractivity contribution in [1.82, 2.24) is 9.78 Å². The van der Waals surface area contributed by atoms with Crippen molar-refractivity contribution in [2.75, 3.05) is 7.11 Å². The van der Waals surface area contributed by atoms with Gasteiger partial charge in [-0.2, -0.15) is 15.0 Å². The number of nitrogens with zero attached hydrogens (tertiary/aromatic N) is 3. The number of fused-ring (bicyclic) bond motifs is 1. The van der Waals surface area contributed by atoms with E-state index in [0.717, 1.165) is 39.4 Å². The first kappa shape index (κ1) is 20.4. The molecule has 1 atom stereocenters. The highest BCUT2D eigenvalue weighted by atomic mass is 16.5. The number of benzene rings is 3. The van der Waals surface area contributed by atoms with E-state index < -0.39 is 5.92 Å². The van der Waals surface area contributed by atoms with Crippen molar-refractivity contribution >= 4 is 0 Å². The van der Waals surface area contributed by atoms with Crippen LogP contribution >= 0.6 is 0 Å². The van der Waals surface area contributed by atoms with Gasteiger partial charge in [-0.3, -0.25) is 0 Å². The normalized spacial score (nSPS) is 14.9. The van der Waals surface area contributed by atoms with Gasteiger partial charge in [0.1, 0.15) is 23.1 Å². The lowest BCUT2D eigenvalue weighted by Gasteiger charge is -2.25. The van der Waals surface area contributed by atoms with Gasteiger partial charge in [0.05, 0.1) is 24.3 Å². The monoisotopic (exact) mass is 434 g/mol. The first-order valence-corrected chi connectivity index (χ1v) is 10.6. The summed E-state index contributed by atoms with van der Waals surface area (Å²) in [5.74, 6) is 0.895. The molecule has 5 rings (SSSR count). The number of rotatable bonds is 4. The van der Waals surface area contributed by atoms with E-state index in [2.05, 4.69) is 6.07 Å². The molecule has 6 heteroatoms. The predicted molar refractivity (Wildman–Crippen MR) is 126 cm³/mol. The van der Waals surface area contributed by atoms with Crippen LogP contribution in [0.2, 0.25) is 0 Å². The molecular weight excluding hydrogens is 412 g/mol. The molecule has 2 heterocycles. The van der Waals surface area contributed by atoms with E-state index in [1.54, 1.807) is 11.8 Å². The lowest BCUT2D eigenvalue weighted by Crippen LogP contribution is -2.22. The Morgan fingerprint density at radius 3 is 2.33 bits per heavy atom. The Morgan fingerprint density at radius 2 is 1.70 bits per heavy atom. The Hall–Kier alpha value is -4.50. The molecular formula is C27H22N4O2. The third-order valence-corrected chi connectivity index (χ3v) is 5.82. The van der Waals surface area contributed by atoms with Gasteiger partial charge in [-0.05, 0) is 36.8 Å². The van der Waals surface area contributed by atoms with E-state index in [4.69, 9.17) is 20.3 Å². The highest BCUT2D eigenvalue weighted by molar-refractivity contribution is 5.72. The Kier molecular flexibility index (Phi) is 5.08. The molecule has 1 aromatic heterocycles. The van der Waals surface area contributed by atoms with Crippen molar-refractivity contribution in [3.63, 3.8) is 0 Å². The fourth-order valence-electron chi connectivity index (χ4n) is 4.14. The van der Waals surface area contributed by atoms with Gasteiger partial charge in [0.25, 0.3) is 0 Å². The van der Waals surface area contributed by atoms with Gasteiger partial charge in [-0.25, -0.2) is 0 Å². The molecule has 0 spiro atoms. The zero-order valence-electron chi connectivity index (χ0n) is 18.3. The smallest absolute Gasteiger partial charge is 0.229 e. The molecule has 0 saturated carbocycles. The zero-order valence-corrected chi connectivity index (χ0v) is 18.3. The van der Waals surface area contributed by atoms with Crippen LogP contribution in [0.5, 0.6) is 11.6 Å². The molecule has 0 bridgehead atoms. The number of hydrogen-bond acceptors (Lipinski definition) is 5. The van der Waals surface area contributed by atoms with Gasteiger partial charge in [0.15, 0.2) is 0 Å². The number of nitriles is 1. The number of ether oxygens (including phenoxy) is 2. The number of allylic oxidation sites excluding steroid dienone is 1. The number of para-hydroxylation sites is 1. The summed E-state index contributed by atoms with van der Waals surface area (Å²) in [6.07, 6.45) is 0. The van der Waals surface area contributed by atoms with Gasteiger partial charge >= 0.3 is 0 Å². The van der Waals surface area contributed by atoms with Gasteiger partial charge in [-0.15, -0.1) is 0 Å². The molecule has 4 aromatic rings. The van der Waals surface area contributed by atoms with Gasteiger partial charge < -0.3 is 15.2 Å². The van der Waals surface area contributed by atoms with Crippen LogP contribution in [0.25, 0.3) is 16.9 Å². The first-order chi connectivity index (χ1) is 16.1. The highest BCUT2D eigenvalue weighted by Gasteiger charge is 2.37. The lowest BCUT2D eigenvalue weighted by molar-refractivity contribution is 0.367. The molecule has 33 heavy (non-hydrogen) atoms. The summed E-state index contributed by atoms with van der Waals surface area (Å²) >= 11 is 0. The number of hydrogen-bond donors (Lipinski definition) is 1. The summed E-state index contributed by atoms with van der Waals surface area (Å²) in [6.45, 7) is 2.04. The van der Waals surface area contributed by atoms with E-state index in [-0.39, 0.29) is 5.88 Å². The predicted octanol–water partition coefficient (Wildman–Crippen LogP) is 5.07. The average Bonchev–Trinajstić information content (AvgIpc) is 3.23. The fourth-order valence-corrected chi connectivity index (χ4v) is 4.14. The van der Waals surface area contributed by atoms with E-state index in [9.17, 15) is 5.26 Å². The van der Waals surface area contributed by atoms with Crippen LogP contribution in [0.1, 0.15) is 22.6 Å². The minimum Gasteiger partial charge on any atom is -0.497 e. The van der Waals surface area contributed by atoms with Crippen molar-refractivity contribution in [3.05, 3.63) is 107 Å².